The summed E-state index contributed by atoms with van der Waals surface area (Å²) in [4.78, 5) is 27.1. The van der Waals surface area contributed by atoms with Crippen LogP contribution in [0.4, 0.5) is 0 Å². The van der Waals surface area contributed by atoms with Crippen molar-refractivity contribution >= 4 is 11.6 Å². The lowest BCUT2D eigenvalue weighted by Gasteiger charge is -2.37. The van der Waals surface area contributed by atoms with Gasteiger partial charge in [-0.1, -0.05) is 36.4 Å². The highest BCUT2D eigenvalue weighted by Gasteiger charge is 2.41. The van der Waals surface area contributed by atoms with Gasteiger partial charge in [-0.3, -0.25) is 19.7 Å². The van der Waals surface area contributed by atoms with E-state index in [1.54, 1.807) is 0 Å². The second-order valence-electron chi connectivity index (χ2n) is 10.1. The minimum Gasteiger partial charge on any atom is -0.333 e. The maximum absolute atomic E-state index is 13.5. The summed E-state index contributed by atoms with van der Waals surface area (Å²) in [7, 11) is 0. The molecule has 0 unspecified atom stereocenters. The monoisotopic (exact) mass is 475 g/mol. The molecule has 3 aliphatic heterocycles. The summed E-state index contributed by atoms with van der Waals surface area (Å²) in [6.45, 7) is 5.69. The lowest BCUT2D eigenvalue weighted by Crippen LogP contribution is -2.47. The number of likely N-dealkylation sites (tertiary alicyclic amines) is 1. The van der Waals surface area contributed by atoms with Crippen molar-refractivity contribution < 1.29 is 4.79 Å². The van der Waals surface area contributed by atoms with Crippen molar-refractivity contribution in [2.45, 2.75) is 44.8 Å². The van der Waals surface area contributed by atoms with E-state index in [1.807, 2.05) is 25.3 Å². The van der Waals surface area contributed by atoms with E-state index in [0.717, 1.165) is 42.2 Å². The van der Waals surface area contributed by atoms with Gasteiger partial charge in [-0.15, -0.1) is 0 Å². The molecule has 36 heavy (non-hydrogen) atoms. The Kier molecular flexibility index (Phi) is 5.86. The summed E-state index contributed by atoms with van der Waals surface area (Å²) in [6, 6.07) is 21.5. The van der Waals surface area contributed by atoms with E-state index in [0.29, 0.717) is 25.9 Å². The maximum atomic E-state index is 13.5. The third kappa shape index (κ3) is 4.10. The SMILES string of the molecule is Cc1cc(C2=NCc3cc4c(cc32)CN([C@@H]2CN(CCC#N)C[C@H]2c2ccccc2)C(=O)C4)ccn1. The normalized spacial score (nSPS) is 21.2. The number of amides is 1. The largest absolute Gasteiger partial charge is 0.333 e. The number of nitriles is 1. The van der Waals surface area contributed by atoms with Crippen LogP contribution in [-0.4, -0.2) is 52.1 Å². The Morgan fingerprint density at radius 2 is 1.92 bits per heavy atom. The van der Waals surface area contributed by atoms with Gasteiger partial charge in [-0.05, 0) is 47.4 Å². The first kappa shape index (κ1) is 22.6. The van der Waals surface area contributed by atoms with Crippen molar-refractivity contribution in [3.05, 3.63) is 99.9 Å². The summed E-state index contributed by atoms with van der Waals surface area (Å²) in [5, 5.41) is 9.12. The number of hydrogen-bond acceptors (Lipinski definition) is 5. The molecular weight excluding hydrogens is 446 g/mol. The molecule has 1 aromatic heterocycles. The molecule has 0 N–H and O–H groups in total. The number of benzene rings is 2. The number of aromatic nitrogens is 1. The molecule has 3 aromatic rings. The Hall–Kier alpha value is -3.82. The third-order valence-corrected chi connectivity index (χ3v) is 7.79. The highest BCUT2D eigenvalue weighted by Crippen LogP contribution is 2.36. The summed E-state index contributed by atoms with van der Waals surface area (Å²) >= 11 is 0. The lowest BCUT2D eigenvalue weighted by atomic mass is 9.88. The topological polar surface area (TPSA) is 72.6 Å². The molecule has 0 aliphatic carbocycles. The van der Waals surface area contributed by atoms with Crippen LogP contribution < -0.4 is 0 Å². The van der Waals surface area contributed by atoms with Gasteiger partial charge in [-0.25, -0.2) is 0 Å². The van der Waals surface area contributed by atoms with Crippen molar-refractivity contribution in [1.82, 2.24) is 14.8 Å². The van der Waals surface area contributed by atoms with Crippen LogP contribution in [0.5, 0.6) is 0 Å². The Morgan fingerprint density at radius 1 is 1.06 bits per heavy atom. The fourth-order valence-electron chi connectivity index (χ4n) is 6.03. The number of carbonyl (C=O) groups excluding carboxylic acids is 1. The summed E-state index contributed by atoms with van der Waals surface area (Å²) in [5.74, 6) is 0.432. The Labute approximate surface area is 211 Å². The first-order chi connectivity index (χ1) is 17.6. The predicted octanol–water partition coefficient (Wildman–Crippen LogP) is 4.01. The average molecular weight is 476 g/mol. The lowest BCUT2D eigenvalue weighted by molar-refractivity contribution is -0.134. The molecule has 0 spiro atoms. The van der Waals surface area contributed by atoms with Crippen molar-refractivity contribution in [3.8, 4) is 6.07 Å². The molecule has 6 heteroatoms. The highest BCUT2D eigenvalue weighted by atomic mass is 16.2. The van der Waals surface area contributed by atoms with Crippen LogP contribution in [0.1, 0.15) is 51.4 Å². The molecule has 0 radical (unpaired) electrons. The predicted molar refractivity (Wildman–Crippen MR) is 139 cm³/mol. The number of carbonyl (C=O) groups is 1. The maximum Gasteiger partial charge on any atom is 0.227 e. The zero-order chi connectivity index (χ0) is 24.6. The van der Waals surface area contributed by atoms with Crippen LogP contribution in [0.25, 0.3) is 0 Å². The van der Waals surface area contributed by atoms with Crippen LogP contribution in [0, 0.1) is 18.3 Å². The number of hydrogen-bond donors (Lipinski definition) is 0. The molecule has 0 bridgehead atoms. The van der Waals surface area contributed by atoms with Crippen molar-refractivity contribution in [2.75, 3.05) is 19.6 Å². The fourth-order valence-corrected chi connectivity index (χ4v) is 6.03. The minimum atomic E-state index is 0.0935. The number of aliphatic imine (C=N–C) groups is 1. The second kappa shape index (κ2) is 9.33. The number of aryl methyl sites for hydroxylation is 1. The second-order valence-corrected chi connectivity index (χ2v) is 10.1. The molecule has 0 saturated carbocycles. The van der Waals surface area contributed by atoms with E-state index < -0.39 is 0 Å². The van der Waals surface area contributed by atoms with E-state index in [2.05, 4.69) is 63.3 Å². The van der Waals surface area contributed by atoms with Gasteiger partial charge in [0, 0.05) is 61.5 Å². The quantitative estimate of drug-likeness (QED) is 0.559. The molecule has 6 nitrogen and oxygen atoms in total. The van der Waals surface area contributed by atoms with Gasteiger partial charge in [0.25, 0.3) is 0 Å². The van der Waals surface area contributed by atoms with Gasteiger partial charge in [-0.2, -0.15) is 5.26 Å². The van der Waals surface area contributed by atoms with E-state index in [9.17, 15) is 4.79 Å². The minimum absolute atomic E-state index is 0.0935. The van der Waals surface area contributed by atoms with Crippen LogP contribution in [0.15, 0.2) is 65.8 Å². The van der Waals surface area contributed by atoms with Gasteiger partial charge < -0.3 is 4.90 Å². The molecule has 180 valence electrons. The molecule has 1 saturated heterocycles. The van der Waals surface area contributed by atoms with Crippen LogP contribution >= 0.6 is 0 Å². The van der Waals surface area contributed by atoms with Crippen molar-refractivity contribution in [3.63, 3.8) is 0 Å². The standard InChI is InChI=1S/C30H29N5O/c1-20-12-22(8-10-32-20)30-26-14-25-17-35(29(36)15-23(25)13-24(26)16-33-30)28-19-34(11-5-9-31)18-27(28)21-6-3-2-4-7-21/h2-4,6-8,10,12-14,27-28H,5,11,15-19H2,1H3/t27-,28+/m0/s1. The average Bonchev–Trinajstić information content (AvgIpc) is 3.50. The van der Waals surface area contributed by atoms with Gasteiger partial charge in [0.15, 0.2) is 0 Å². The Morgan fingerprint density at radius 3 is 2.72 bits per heavy atom. The first-order valence-corrected chi connectivity index (χ1v) is 12.7. The molecule has 1 amide bonds. The summed E-state index contributed by atoms with van der Waals surface area (Å²) in [5.41, 5.74) is 9.08. The number of fused-ring (bicyclic) bond motifs is 2. The molecule has 2 atom stereocenters. The Bertz CT molecular complexity index is 1390. The van der Waals surface area contributed by atoms with Crippen molar-refractivity contribution in [1.29, 1.82) is 5.26 Å². The van der Waals surface area contributed by atoms with E-state index in [-0.39, 0.29) is 17.9 Å². The number of pyridine rings is 1. The summed E-state index contributed by atoms with van der Waals surface area (Å²) in [6.07, 6.45) is 2.78. The highest BCUT2D eigenvalue weighted by molar-refractivity contribution is 6.15. The van der Waals surface area contributed by atoms with Gasteiger partial charge in [0.1, 0.15) is 0 Å². The van der Waals surface area contributed by atoms with Crippen LogP contribution in [0.2, 0.25) is 0 Å². The molecule has 4 heterocycles. The molecule has 3 aliphatic rings. The number of nitrogens with zero attached hydrogens (tertiary/aromatic N) is 5. The van der Waals surface area contributed by atoms with Crippen LogP contribution in [0.3, 0.4) is 0 Å². The molecular formula is C30H29N5O. The van der Waals surface area contributed by atoms with E-state index in [1.165, 1.54) is 22.3 Å². The third-order valence-electron chi connectivity index (χ3n) is 7.79. The zero-order valence-corrected chi connectivity index (χ0v) is 20.5. The zero-order valence-electron chi connectivity index (χ0n) is 20.5. The molecule has 1 fully saturated rings. The number of rotatable bonds is 5. The fraction of sp³-hybridized carbons (Fsp3) is 0.333. The van der Waals surface area contributed by atoms with E-state index >= 15 is 0 Å². The smallest absolute Gasteiger partial charge is 0.227 e. The van der Waals surface area contributed by atoms with Gasteiger partial charge in [0.05, 0.1) is 30.8 Å². The molecule has 6 rings (SSSR count). The van der Waals surface area contributed by atoms with Gasteiger partial charge in [0.2, 0.25) is 5.91 Å². The van der Waals surface area contributed by atoms with Gasteiger partial charge >= 0.3 is 0 Å². The van der Waals surface area contributed by atoms with Crippen molar-refractivity contribution in [2.24, 2.45) is 4.99 Å². The summed E-state index contributed by atoms with van der Waals surface area (Å²) < 4.78 is 0. The van der Waals surface area contributed by atoms with Crippen LogP contribution in [-0.2, 0) is 24.3 Å². The molecule has 2 aromatic carbocycles. The Balaban J connectivity index is 1.31. The first-order valence-electron chi connectivity index (χ1n) is 12.7. The van der Waals surface area contributed by atoms with E-state index in [4.69, 9.17) is 10.3 Å².